The van der Waals surface area contributed by atoms with E-state index in [0.29, 0.717) is 0 Å². The van der Waals surface area contributed by atoms with E-state index in [1.165, 1.54) is 60.3 Å². The third kappa shape index (κ3) is 3.24. The Morgan fingerprint density at radius 3 is 1.84 bits per heavy atom. The van der Waals surface area contributed by atoms with E-state index in [1.54, 1.807) is 0 Å². The summed E-state index contributed by atoms with van der Waals surface area (Å²) in [4.78, 5) is 0. The van der Waals surface area contributed by atoms with E-state index in [2.05, 4.69) is 129 Å². The summed E-state index contributed by atoms with van der Waals surface area (Å²) in [7, 11) is 0. The van der Waals surface area contributed by atoms with Crippen molar-refractivity contribution < 1.29 is 8.83 Å². The highest BCUT2D eigenvalue weighted by atomic mass is 16.3. The van der Waals surface area contributed by atoms with Crippen LogP contribution in [0.1, 0.15) is 25.0 Å². The quantitative estimate of drug-likeness (QED) is 0.191. The molecule has 2 aromatic heterocycles. The number of para-hydroxylation sites is 1. The molecular weight excluding hydrogens is 548 g/mol. The maximum absolute atomic E-state index is 6.67. The number of furan rings is 2. The average Bonchev–Trinajstić information content (AvgIpc) is 3.74. The Kier molecular flexibility index (Phi) is 4.82. The Balaban J connectivity index is 1.26. The first kappa shape index (κ1) is 24.8. The Morgan fingerprint density at radius 1 is 0.444 bits per heavy atom. The van der Waals surface area contributed by atoms with Gasteiger partial charge >= 0.3 is 0 Å². The van der Waals surface area contributed by atoms with Gasteiger partial charge in [0, 0.05) is 32.7 Å². The smallest absolute Gasteiger partial charge is 0.136 e. The van der Waals surface area contributed by atoms with E-state index >= 15 is 0 Å². The molecule has 0 amide bonds. The molecule has 0 saturated heterocycles. The van der Waals surface area contributed by atoms with E-state index in [0.717, 1.165) is 38.6 Å². The second kappa shape index (κ2) is 8.74. The summed E-state index contributed by atoms with van der Waals surface area (Å²) in [6, 6.07) is 45.9. The van der Waals surface area contributed by atoms with Crippen molar-refractivity contribution in [2.75, 3.05) is 0 Å². The lowest BCUT2D eigenvalue weighted by atomic mass is 9.82. The van der Waals surface area contributed by atoms with Crippen molar-refractivity contribution in [2.45, 2.75) is 19.3 Å². The maximum atomic E-state index is 6.67. The SMILES string of the molecule is CC1(C)c2ccccc2-c2c1ccc1oc3cc(-c4c5ccccc5c(-c5coc6ccccc56)c5ccccc45)ccc3c21. The van der Waals surface area contributed by atoms with Gasteiger partial charge in [0.25, 0.3) is 0 Å². The first-order valence-corrected chi connectivity index (χ1v) is 15.6. The van der Waals surface area contributed by atoms with Crippen LogP contribution >= 0.6 is 0 Å². The zero-order valence-corrected chi connectivity index (χ0v) is 25.0. The van der Waals surface area contributed by atoms with Gasteiger partial charge < -0.3 is 8.83 Å². The highest BCUT2D eigenvalue weighted by Crippen LogP contribution is 2.53. The molecule has 45 heavy (non-hydrogen) atoms. The molecule has 1 aliphatic rings. The lowest BCUT2D eigenvalue weighted by Crippen LogP contribution is -2.14. The van der Waals surface area contributed by atoms with E-state index < -0.39 is 0 Å². The van der Waals surface area contributed by atoms with Gasteiger partial charge in [0.15, 0.2) is 0 Å². The lowest BCUT2D eigenvalue weighted by Gasteiger charge is -2.21. The standard InChI is InChI=1S/C43H28O2/c1-43(2)34-17-9-7-16-31(34)41-35(43)21-22-37-42(41)32-20-19-25(23-38(32)45-37)39-27-12-3-5-14-29(27)40(30-15-6-4-13-28(30)39)33-24-44-36-18-10-8-11-26(33)36/h3-24H,1-2H3. The lowest BCUT2D eigenvalue weighted by molar-refractivity contribution is 0.617. The van der Waals surface area contributed by atoms with Crippen LogP contribution in [0.25, 0.3) is 87.8 Å². The van der Waals surface area contributed by atoms with E-state index in [9.17, 15) is 0 Å². The summed E-state index contributed by atoms with van der Waals surface area (Å²) in [6.45, 7) is 4.66. The van der Waals surface area contributed by atoms with Crippen LogP contribution < -0.4 is 0 Å². The molecule has 0 atom stereocenters. The van der Waals surface area contributed by atoms with Crippen molar-refractivity contribution in [3.8, 4) is 33.4 Å². The third-order valence-corrected chi connectivity index (χ3v) is 10.2. The Morgan fingerprint density at radius 2 is 1.09 bits per heavy atom. The molecule has 9 aromatic rings. The first-order chi connectivity index (χ1) is 22.1. The van der Waals surface area contributed by atoms with Crippen LogP contribution in [0.5, 0.6) is 0 Å². The minimum Gasteiger partial charge on any atom is -0.464 e. The van der Waals surface area contributed by atoms with Gasteiger partial charge in [0.05, 0.1) is 6.26 Å². The number of hydrogen-bond acceptors (Lipinski definition) is 2. The van der Waals surface area contributed by atoms with Crippen LogP contribution in [-0.2, 0) is 5.41 Å². The summed E-state index contributed by atoms with van der Waals surface area (Å²) in [5.74, 6) is 0. The normalized spacial score (nSPS) is 13.7. The predicted octanol–water partition coefficient (Wildman–Crippen LogP) is 12.3. The van der Waals surface area contributed by atoms with Crippen molar-refractivity contribution in [1.29, 1.82) is 0 Å². The number of rotatable bonds is 2. The van der Waals surface area contributed by atoms with Gasteiger partial charge in [-0.3, -0.25) is 0 Å². The van der Waals surface area contributed by atoms with Gasteiger partial charge in [-0.2, -0.15) is 0 Å². The minimum atomic E-state index is -0.0520. The second-order valence-corrected chi connectivity index (χ2v) is 12.8. The van der Waals surface area contributed by atoms with Crippen LogP contribution in [0.2, 0.25) is 0 Å². The van der Waals surface area contributed by atoms with Crippen molar-refractivity contribution in [3.63, 3.8) is 0 Å². The summed E-state index contributed by atoms with van der Waals surface area (Å²) in [5, 5.41) is 8.34. The van der Waals surface area contributed by atoms with Gasteiger partial charge in [-0.25, -0.2) is 0 Å². The summed E-state index contributed by atoms with van der Waals surface area (Å²) < 4.78 is 12.7. The molecule has 7 aromatic carbocycles. The molecule has 0 bridgehead atoms. The molecule has 212 valence electrons. The fourth-order valence-electron chi connectivity index (χ4n) is 8.12. The Bertz CT molecular complexity index is 2620. The Labute approximate surface area is 260 Å². The fourth-order valence-corrected chi connectivity index (χ4v) is 8.12. The van der Waals surface area contributed by atoms with Gasteiger partial charge in [0.2, 0.25) is 0 Å². The van der Waals surface area contributed by atoms with Gasteiger partial charge in [0.1, 0.15) is 16.7 Å². The van der Waals surface area contributed by atoms with Crippen LogP contribution in [0.3, 0.4) is 0 Å². The predicted molar refractivity (Wildman–Crippen MR) is 187 cm³/mol. The number of fused-ring (bicyclic) bond motifs is 10. The minimum absolute atomic E-state index is 0.0520. The second-order valence-electron chi connectivity index (χ2n) is 12.8. The zero-order chi connectivity index (χ0) is 29.9. The molecule has 2 nitrogen and oxygen atoms in total. The van der Waals surface area contributed by atoms with Crippen molar-refractivity contribution in [1.82, 2.24) is 0 Å². The molecule has 2 heterocycles. The van der Waals surface area contributed by atoms with Gasteiger partial charge in [-0.15, -0.1) is 0 Å². The van der Waals surface area contributed by atoms with Crippen LogP contribution in [-0.4, -0.2) is 0 Å². The molecule has 0 spiro atoms. The first-order valence-electron chi connectivity index (χ1n) is 15.6. The monoisotopic (exact) mass is 576 g/mol. The van der Waals surface area contributed by atoms with Crippen molar-refractivity contribution in [3.05, 3.63) is 145 Å². The maximum Gasteiger partial charge on any atom is 0.136 e. The van der Waals surface area contributed by atoms with E-state index in [1.807, 2.05) is 18.4 Å². The van der Waals surface area contributed by atoms with Crippen molar-refractivity contribution in [2.24, 2.45) is 0 Å². The number of benzene rings is 7. The molecule has 0 fully saturated rings. The largest absolute Gasteiger partial charge is 0.464 e. The van der Waals surface area contributed by atoms with Crippen LogP contribution in [0.4, 0.5) is 0 Å². The van der Waals surface area contributed by atoms with Crippen LogP contribution in [0.15, 0.2) is 142 Å². The molecule has 1 aliphatic carbocycles. The molecule has 0 aliphatic heterocycles. The topological polar surface area (TPSA) is 26.3 Å². The number of hydrogen-bond donors (Lipinski definition) is 0. The van der Waals surface area contributed by atoms with Gasteiger partial charge in [-0.1, -0.05) is 117 Å². The highest BCUT2D eigenvalue weighted by Gasteiger charge is 2.37. The fraction of sp³-hybridized carbons (Fsp3) is 0.0698. The summed E-state index contributed by atoms with van der Waals surface area (Å²) >= 11 is 0. The zero-order valence-electron chi connectivity index (χ0n) is 25.0. The van der Waals surface area contributed by atoms with E-state index in [-0.39, 0.29) is 5.41 Å². The molecule has 0 saturated carbocycles. The molecule has 0 N–H and O–H groups in total. The van der Waals surface area contributed by atoms with Gasteiger partial charge in [-0.05, 0) is 79.2 Å². The van der Waals surface area contributed by atoms with Crippen molar-refractivity contribution >= 4 is 54.5 Å². The summed E-state index contributed by atoms with van der Waals surface area (Å²) in [6.07, 6.45) is 1.91. The molecule has 2 heteroatoms. The third-order valence-electron chi connectivity index (χ3n) is 10.2. The average molecular weight is 577 g/mol. The highest BCUT2D eigenvalue weighted by molar-refractivity contribution is 6.24. The summed E-state index contributed by atoms with van der Waals surface area (Å²) in [5.41, 5.74) is 12.8. The molecule has 0 unspecified atom stereocenters. The molecule has 0 radical (unpaired) electrons. The Hall–Kier alpha value is -5.60. The molecule has 10 rings (SSSR count). The molecular formula is C43H28O2. The van der Waals surface area contributed by atoms with Crippen LogP contribution in [0, 0.1) is 0 Å². The van der Waals surface area contributed by atoms with E-state index in [4.69, 9.17) is 8.83 Å².